The van der Waals surface area contributed by atoms with Gasteiger partial charge in [0.25, 0.3) is 0 Å². The normalized spacial score (nSPS) is 14.3. The molecule has 1 atom stereocenters. The summed E-state index contributed by atoms with van der Waals surface area (Å²) in [5.74, 6) is -0.471. The Morgan fingerprint density at radius 1 is 1.28 bits per heavy atom. The SMILES string of the molecule is CC.CCN1Cc2cc(F)c(C(C)(C#N)Cc3cccc(C#N)c3)cc2NC1=O.[HH]. The van der Waals surface area contributed by atoms with Crippen molar-refractivity contribution in [1.29, 1.82) is 10.5 Å². The van der Waals surface area contributed by atoms with Gasteiger partial charge < -0.3 is 10.2 Å². The largest absolute Gasteiger partial charge is 0.322 e. The molecule has 2 aromatic carbocycles. The lowest BCUT2D eigenvalue weighted by atomic mass is 9.77. The number of hydrogen-bond donors (Lipinski definition) is 1. The summed E-state index contributed by atoms with van der Waals surface area (Å²) in [6, 6.07) is 13.9. The Balaban J connectivity index is 0.00000146. The topological polar surface area (TPSA) is 79.9 Å². The Hall–Kier alpha value is -3.38. The minimum absolute atomic E-state index is 0. The van der Waals surface area contributed by atoms with E-state index >= 15 is 0 Å². The number of carbonyl (C=O) groups excluding carboxylic acids is 1. The average molecular weight is 394 g/mol. The zero-order valence-electron chi connectivity index (χ0n) is 17.2. The molecule has 29 heavy (non-hydrogen) atoms. The molecule has 6 heteroatoms. The Morgan fingerprint density at radius 2 is 2.00 bits per heavy atom. The molecule has 0 spiro atoms. The van der Waals surface area contributed by atoms with Crippen LogP contribution in [0.2, 0.25) is 0 Å². The van der Waals surface area contributed by atoms with Crippen molar-refractivity contribution in [2.45, 2.75) is 46.1 Å². The molecule has 0 aromatic heterocycles. The second kappa shape index (κ2) is 9.21. The number of carbonyl (C=O) groups is 1. The molecule has 2 amide bonds. The third kappa shape index (κ3) is 4.55. The minimum atomic E-state index is -1.14. The zero-order chi connectivity index (χ0) is 21.6. The summed E-state index contributed by atoms with van der Waals surface area (Å²) in [5, 5.41) is 21.6. The monoisotopic (exact) mass is 394 g/mol. The molecule has 1 N–H and O–H groups in total. The van der Waals surface area contributed by atoms with Crippen molar-refractivity contribution >= 4 is 11.7 Å². The van der Waals surface area contributed by atoms with Crippen LogP contribution in [0.25, 0.3) is 0 Å². The number of rotatable bonds is 4. The summed E-state index contributed by atoms with van der Waals surface area (Å²) in [6.07, 6.45) is 0.254. The lowest BCUT2D eigenvalue weighted by Gasteiger charge is -2.30. The number of fused-ring (bicyclic) bond motifs is 1. The Bertz CT molecular complexity index is 996. The van der Waals surface area contributed by atoms with Crippen molar-refractivity contribution in [3.8, 4) is 12.1 Å². The fourth-order valence-electron chi connectivity index (χ4n) is 3.37. The first-order valence-electron chi connectivity index (χ1n) is 9.69. The second-order valence-electron chi connectivity index (χ2n) is 6.87. The molecule has 1 aliphatic heterocycles. The van der Waals surface area contributed by atoms with Crippen LogP contribution in [0.5, 0.6) is 0 Å². The number of nitrogens with one attached hydrogen (secondary N) is 1. The van der Waals surface area contributed by atoms with Crippen LogP contribution in [0.15, 0.2) is 36.4 Å². The van der Waals surface area contributed by atoms with E-state index in [0.717, 1.165) is 5.56 Å². The molecule has 5 nitrogen and oxygen atoms in total. The maximum atomic E-state index is 14.9. The van der Waals surface area contributed by atoms with E-state index in [1.54, 1.807) is 36.1 Å². The van der Waals surface area contributed by atoms with Gasteiger partial charge in [0.05, 0.1) is 23.1 Å². The molecule has 0 saturated heterocycles. The Kier molecular flexibility index (Phi) is 6.96. The van der Waals surface area contributed by atoms with E-state index in [0.29, 0.717) is 29.9 Å². The van der Waals surface area contributed by atoms with Gasteiger partial charge >= 0.3 is 6.03 Å². The van der Waals surface area contributed by atoms with E-state index in [-0.39, 0.29) is 19.4 Å². The van der Waals surface area contributed by atoms with Crippen molar-refractivity contribution < 1.29 is 10.6 Å². The van der Waals surface area contributed by atoms with Crippen LogP contribution in [0.4, 0.5) is 14.9 Å². The predicted octanol–water partition coefficient (Wildman–Crippen LogP) is 5.36. The van der Waals surface area contributed by atoms with Gasteiger partial charge in [0.1, 0.15) is 5.82 Å². The van der Waals surface area contributed by atoms with Gasteiger partial charge in [-0.1, -0.05) is 26.0 Å². The fraction of sp³-hybridized carbons (Fsp3) is 0.348. The van der Waals surface area contributed by atoms with Gasteiger partial charge in [0.15, 0.2) is 0 Å². The molecule has 0 fully saturated rings. The Morgan fingerprint density at radius 3 is 2.62 bits per heavy atom. The maximum absolute atomic E-state index is 14.9. The van der Waals surface area contributed by atoms with Crippen LogP contribution in [-0.2, 0) is 18.4 Å². The van der Waals surface area contributed by atoms with Gasteiger partial charge in [-0.3, -0.25) is 0 Å². The number of nitriles is 2. The van der Waals surface area contributed by atoms with E-state index in [9.17, 15) is 14.4 Å². The number of urea groups is 1. The zero-order valence-corrected chi connectivity index (χ0v) is 17.2. The number of anilines is 1. The van der Waals surface area contributed by atoms with Crippen molar-refractivity contribution in [3.05, 3.63) is 64.5 Å². The van der Waals surface area contributed by atoms with Crippen LogP contribution >= 0.6 is 0 Å². The molecule has 3 rings (SSSR count). The highest BCUT2D eigenvalue weighted by Crippen LogP contribution is 2.35. The van der Waals surface area contributed by atoms with Gasteiger partial charge in [0.2, 0.25) is 0 Å². The summed E-state index contributed by atoms with van der Waals surface area (Å²) < 4.78 is 14.9. The molecular formula is C23H27FN4O. The second-order valence-corrected chi connectivity index (χ2v) is 6.87. The van der Waals surface area contributed by atoms with E-state index in [1.165, 1.54) is 6.07 Å². The van der Waals surface area contributed by atoms with E-state index in [2.05, 4.69) is 17.5 Å². The summed E-state index contributed by atoms with van der Waals surface area (Å²) in [7, 11) is 0. The fourth-order valence-corrected chi connectivity index (χ4v) is 3.37. The quantitative estimate of drug-likeness (QED) is 0.758. The number of nitrogens with zero attached hydrogens (tertiary/aromatic N) is 3. The lowest BCUT2D eigenvalue weighted by Crippen LogP contribution is -2.38. The van der Waals surface area contributed by atoms with Crippen molar-refractivity contribution in [1.82, 2.24) is 4.90 Å². The highest BCUT2D eigenvalue weighted by atomic mass is 19.1. The molecule has 1 aliphatic rings. The van der Waals surface area contributed by atoms with Crippen LogP contribution in [0.1, 0.15) is 51.4 Å². The van der Waals surface area contributed by atoms with E-state index < -0.39 is 11.2 Å². The highest BCUT2D eigenvalue weighted by molar-refractivity contribution is 5.92. The maximum Gasteiger partial charge on any atom is 0.322 e. The van der Waals surface area contributed by atoms with Crippen molar-refractivity contribution in [2.24, 2.45) is 0 Å². The summed E-state index contributed by atoms with van der Waals surface area (Å²) in [5.41, 5.74) is 1.58. The molecule has 2 aromatic rings. The molecule has 1 unspecified atom stereocenters. The summed E-state index contributed by atoms with van der Waals surface area (Å²) in [6.45, 7) is 8.39. The molecular weight excluding hydrogens is 367 g/mol. The van der Waals surface area contributed by atoms with Crippen LogP contribution in [0, 0.1) is 28.5 Å². The van der Waals surface area contributed by atoms with Crippen molar-refractivity contribution in [3.63, 3.8) is 0 Å². The van der Waals surface area contributed by atoms with E-state index in [1.807, 2.05) is 26.8 Å². The molecule has 1 heterocycles. The number of amides is 2. The smallest absolute Gasteiger partial charge is 0.320 e. The molecule has 0 radical (unpaired) electrons. The summed E-state index contributed by atoms with van der Waals surface area (Å²) >= 11 is 0. The van der Waals surface area contributed by atoms with Crippen LogP contribution < -0.4 is 5.32 Å². The predicted molar refractivity (Wildman–Crippen MR) is 113 cm³/mol. The molecule has 152 valence electrons. The standard InChI is InChI=1S/C21H19FN4O.C2H6.H2/c1-3-26-12-16-8-18(22)17(9-19(16)25-20(26)27)21(2,13-24)10-14-5-4-6-15(7-14)11-23;1-2;/h4-9H,3,10,12H2,1-2H3,(H,25,27);1-2H3;1H. The average Bonchev–Trinajstić information content (AvgIpc) is 2.74. The molecule has 0 bridgehead atoms. The molecule has 0 aliphatic carbocycles. The highest BCUT2D eigenvalue weighted by Gasteiger charge is 2.33. The van der Waals surface area contributed by atoms with Gasteiger partial charge in [-0.25, -0.2) is 9.18 Å². The van der Waals surface area contributed by atoms with Gasteiger partial charge in [-0.15, -0.1) is 0 Å². The van der Waals surface area contributed by atoms with Crippen LogP contribution in [0.3, 0.4) is 0 Å². The molecule has 0 saturated carbocycles. The lowest BCUT2D eigenvalue weighted by molar-refractivity contribution is 0.209. The first-order chi connectivity index (χ1) is 13.9. The van der Waals surface area contributed by atoms with E-state index in [4.69, 9.17) is 5.26 Å². The summed E-state index contributed by atoms with van der Waals surface area (Å²) in [4.78, 5) is 13.7. The van der Waals surface area contributed by atoms with Gasteiger partial charge in [-0.2, -0.15) is 10.5 Å². The van der Waals surface area contributed by atoms with Gasteiger partial charge in [0, 0.05) is 25.8 Å². The van der Waals surface area contributed by atoms with Crippen LogP contribution in [-0.4, -0.2) is 17.5 Å². The van der Waals surface area contributed by atoms with Gasteiger partial charge in [-0.05, 0) is 55.7 Å². The first kappa shape index (κ1) is 21.9. The number of benzene rings is 2. The number of halogens is 1. The minimum Gasteiger partial charge on any atom is -0.320 e. The number of hydrogen-bond acceptors (Lipinski definition) is 3. The first-order valence-corrected chi connectivity index (χ1v) is 9.69. The third-order valence-corrected chi connectivity index (χ3v) is 4.92. The Labute approximate surface area is 172 Å². The van der Waals surface area contributed by atoms with Crippen molar-refractivity contribution in [2.75, 3.05) is 11.9 Å². The third-order valence-electron chi connectivity index (χ3n) is 4.92.